The Labute approximate surface area is 405 Å². The van der Waals surface area contributed by atoms with E-state index in [4.69, 9.17) is 29.2 Å². The summed E-state index contributed by atoms with van der Waals surface area (Å²) in [6.45, 7) is 6.70. The van der Waals surface area contributed by atoms with E-state index in [2.05, 4.69) is 20.6 Å². The third-order valence-electron chi connectivity index (χ3n) is 14.0. The van der Waals surface area contributed by atoms with Gasteiger partial charge in [-0.1, -0.05) is 26.0 Å². The normalized spacial score (nSPS) is 21.1. The number of hydrogen-bond donors (Lipinski definition) is 4. The molecule has 6 unspecified atom stereocenters. The van der Waals surface area contributed by atoms with E-state index in [0.29, 0.717) is 70.9 Å². The number of ether oxygens (including phenoxy) is 3. The van der Waals surface area contributed by atoms with Crippen LogP contribution in [0.5, 0.6) is 5.75 Å². The lowest BCUT2D eigenvalue weighted by molar-refractivity contribution is -0.138. The Kier molecular flexibility index (Phi) is 11.1. The average Bonchev–Trinajstić information content (AvgIpc) is 3.81. The summed E-state index contributed by atoms with van der Waals surface area (Å²) in [5, 5.41) is 6.93. The fourth-order valence-corrected chi connectivity index (χ4v) is 11.3. The van der Waals surface area contributed by atoms with Crippen LogP contribution in [0.3, 0.4) is 0 Å². The Morgan fingerprint density at radius 1 is 0.886 bits per heavy atom. The summed E-state index contributed by atoms with van der Waals surface area (Å²) in [4.78, 5) is 77.2. The molecule has 2 aliphatic carbocycles. The van der Waals surface area contributed by atoms with Crippen LogP contribution in [0, 0.1) is 11.7 Å². The number of halogens is 2. The molecule has 364 valence electrons. The molecule has 3 fully saturated rings. The molecule has 4 aromatic heterocycles. The molecule has 17 nitrogen and oxygen atoms in total. The van der Waals surface area contributed by atoms with Crippen LogP contribution in [-0.4, -0.2) is 108 Å². The number of aromatic amines is 2. The molecular weight excluding hydrogens is 923 g/mol. The van der Waals surface area contributed by atoms with Crippen molar-refractivity contribution in [2.45, 2.75) is 108 Å². The van der Waals surface area contributed by atoms with Gasteiger partial charge in [0, 0.05) is 35.2 Å². The predicted molar refractivity (Wildman–Crippen MR) is 254 cm³/mol. The highest BCUT2D eigenvalue weighted by Crippen LogP contribution is 2.51. The zero-order valence-corrected chi connectivity index (χ0v) is 40.2. The predicted octanol–water partition coefficient (Wildman–Crippen LogP) is 8.60. The van der Waals surface area contributed by atoms with E-state index in [9.17, 15) is 19.2 Å². The van der Waals surface area contributed by atoms with Crippen molar-refractivity contribution in [1.29, 1.82) is 0 Å². The Balaban J connectivity index is 0.910. The summed E-state index contributed by atoms with van der Waals surface area (Å²) in [6, 6.07) is 7.72. The second-order valence-corrected chi connectivity index (χ2v) is 20.6. The van der Waals surface area contributed by atoms with Crippen molar-refractivity contribution in [3.8, 4) is 39.5 Å². The molecule has 3 aliphatic heterocycles. The summed E-state index contributed by atoms with van der Waals surface area (Å²) in [5.41, 5.74) is 3.24. The molecule has 0 bridgehead atoms. The molecule has 6 atom stereocenters. The maximum Gasteiger partial charge on any atom is 0.407 e. The maximum absolute atomic E-state index is 16.9. The van der Waals surface area contributed by atoms with Crippen LogP contribution >= 0.6 is 11.3 Å². The number of H-pyrrole nitrogens is 2. The van der Waals surface area contributed by atoms with Crippen molar-refractivity contribution >= 4 is 46.2 Å². The van der Waals surface area contributed by atoms with E-state index < -0.39 is 53.9 Å². The smallest absolute Gasteiger partial charge is 0.407 e. The van der Waals surface area contributed by atoms with Crippen LogP contribution < -0.4 is 15.4 Å². The number of rotatable bonds is 12. The van der Waals surface area contributed by atoms with Crippen LogP contribution in [0.2, 0.25) is 0 Å². The number of carbonyl (C=O) groups is 4. The second-order valence-electron chi connectivity index (χ2n) is 19.5. The fraction of sp³-hybridized carbons (Fsp3) is 0.420. The lowest BCUT2D eigenvalue weighted by atomic mass is 9.98. The standard InChI is InChI=1S/C50H52F2N10O7S/c1-23(2)40(58-48(65)67-5)45(63)60-13-7-8-33(60)42-53-21-31(57-42)26-15-29(51)39-35-17-27-14-25(11-12-32(27)62(35)47(69-37(39)19-26)38-22-55-44(70-38)24-9-10-24)30-20-54-43(56-30)36-18-28-16-34(28)61(36)46(64)41(50(3,4)52)59-49(66)68-6/h11-12,14-17,19-24,33-34,36,40-41,47H,7-10,13,18H2,1-6H3,(H,53,57)(H,54,56)(H,58,65)(H,59,66). The quantitative estimate of drug-likeness (QED) is 0.0861. The minimum atomic E-state index is -2.08. The van der Waals surface area contributed by atoms with E-state index in [1.165, 1.54) is 27.0 Å². The highest BCUT2D eigenvalue weighted by molar-refractivity contribution is 7.11. The third-order valence-corrected chi connectivity index (χ3v) is 15.2. The fourth-order valence-electron chi connectivity index (χ4n) is 10.2. The van der Waals surface area contributed by atoms with E-state index in [1.807, 2.05) is 61.0 Å². The molecule has 2 aromatic carbocycles. The van der Waals surface area contributed by atoms with E-state index in [0.717, 1.165) is 58.3 Å². The first-order valence-corrected chi connectivity index (χ1v) is 24.3. The van der Waals surface area contributed by atoms with Gasteiger partial charge in [0.1, 0.15) is 41.0 Å². The summed E-state index contributed by atoms with van der Waals surface area (Å²) >= 11 is 1.60. The molecule has 6 aromatic rings. The van der Waals surface area contributed by atoms with Gasteiger partial charge in [0.05, 0.1) is 82.8 Å². The molecule has 1 saturated carbocycles. The Morgan fingerprint density at radius 2 is 1.60 bits per heavy atom. The Bertz CT molecular complexity index is 3130. The zero-order valence-electron chi connectivity index (χ0n) is 39.3. The second kappa shape index (κ2) is 17.1. The molecule has 0 radical (unpaired) electrons. The zero-order chi connectivity index (χ0) is 48.9. The van der Waals surface area contributed by atoms with Gasteiger partial charge < -0.3 is 44.6 Å². The highest BCUT2D eigenvalue weighted by Gasteiger charge is 2.52. The minimum absolute atomic E-state index is 0.187. The first-order chi connectivity index (χ1) is 33.6. The molecule has 2 saturated heterocycles. The number of nitrogens with one attached hydrogen (secondary N) is 4. The molecule has 5 aliphatic rings. The Hall–Kier alpha value is -7.09. The number of imidazole rings is 2. The number of alkyl carbamates (subject to hydrolysis) is 2. The van der Waals surface area contributed by atoms with Gasteiger partial charge in [-0.25, -0.2) is 33.3 Å². The Morgan fingerprint density at radius 3 is 2.30 bits per heavy atom. The lowest BCUT2D eigenvalue weighted by Gasteiger charge is -2.33. The first kappa shape index (κ1) is 45.4. The van der Waals surface area contributed by atoms with Crippen molar-refractivity contribution in [2.24, 2.45) is 5.92 Å². The van der Waals surface area contributed by atoms with Crippen LogP contribution in [0.1, 0.15) is 106 Å². The molecule has 4 N–H and O–H groups in total. The molecule has 70 heavy (non-hydrogen) atoms. The topological polar surface area (TPSA) is 202 Å². The van der Waals surface area contributed by atoms with Crippen molar-refractivity contribution in [3.63, 3.8) is 0 Å². The van der Waals surface area contributed by atoms with Crippen LogP contribution in [0.25, 0.3) is 44.7 Å². The summed E-state index contributed by atoms with van der Waals surface area (Å²) in [7, 11) is 2.42. The van der Waals surface area contributed by atoms with Crippen molar-refractivity contribution < 1.29 is 42.2 Å². The van der Waals surface area contributed by atoms with E-state index in [-0.39, 0.29) is 23.9 Å². The number of fused-ring (bicyclic) bond motifs is 6. The van der Waals surface area contributed by atoms with Crippen LogP contribution in [0.4, 0.5) is 18.4 Å². The molecule has 20 heteroatoms. The number of alkyl halides is 1. The van der Waals surface area contributed by atoms with Gasteiger partial charge in [-0.05, 0) is 87.8 Å². The minimum Gasteiger partial charge on any atom is -0.464 e. The van der Waals surface area contributed by atoms with Crippen LogP contribution in [0.15, 0.2) is 66.6 Å². The number of thiazole rings is 1. The summed E-state index contributed by atoms with van der Waals surface area (Å²) in [6.07, 6.45) is 8.98. The number of likely N-dealkylation sites (tertiary alicyclic amines) is 2. The van der Waals surface area contributed by atoms with Gasteiger partial charge in [-0.3, -0.25) is 14.2 Å². The highest BCUT2D eigenvalue weighted by atomic mass is 32.1. The molecule has 0 spiro atoms. The first-order valence-electron chi connectivity index (χ1n) is 23.5. The summed E-state index contributed by atoms with van der Waals surface area (Å²) in [5.74, 6) is 0.354. The van der Waals surface area contributed by atoms with Gasteiger partial charge in [0.15, 0.2) is 0 Å². The number of methoxy groups -OCH3 is 2. The number of nitrogens with zero attached hydrogens (tertiary/aromatic N) is 6. The van der Waals surface area contributed by atoms with Gasteiger partial charge in [-0.2, -0.15) is 0 Å². The van der Waals surface area contributed by atoms with Gasteiger partial charge in [0.2, 0.25) is 18.0 Å². The molecular formula is C50H52F2N10O7S. The average molecular weight is 975 g/mol. The van der Waals surface area contributed by atoms with Crippen molar-refractivity contribution in [1.82, 2.24) is 49.9 Å². The molecule has 7 heterocycles. The van der Waals surface area contributed by atoms with Gasteiger partial charge in [0.25, 0.3) is 0 Å². The SMILES string of the molecule is COC(=O)NC(C(=O)N1CCCC1c1ncc(-c2cc(F)c3c(c2)OC(c2cnc(C4CC4)s2)n2c-3cc3cc(-c4cnc(C5CC6=CC6N5C(=O)C(NC(=O)OC)C(C)(C)F)[nH]4)ccc32)[nH]1)C(C)C. The summed E-state index contributed by atoms with van der Waals surface area (Å²) < 4.78 is 50.7. The lowest BCUT2D eigenvalue weighted by Crippen LogP contribution is -2.57. The van der Waals surface area contributed by atoms with E-state index >= 15 is 8.78 Å². The van der Waals surface area contributed by atoms with Gasteiger partial charge >= 0.3 is 12.2 Å². The molecule has 11 rings (SSSR count). The maximum atomic E-state index is 16.9. The monoisotopic (exact) mass is 974 g/mol. The van der Waals surface area contributed by atoms with Gasteiger partial charge in [-0.15, -0.1) is 11.3 Å². The number of amides is 4. The number of carbonyl (C=O) groups excluding carboxylic acids is 4. The largest absolute Gasteiger partial charge is 0.464 e. The van der Waals surface area contributed by atoms with Crippen molar-refractivity contribution in [3.05, 3.63) is 94.0 Å². The number of hydrogen-bond acceptors (Lipinski definition) is 11. The molecule has 4 amide bonds. The van der Waals surface area contributed by atoms with Crippen molar-refractivity contribution in [2.75, 3.05) is 20.8 Å². The number of aromatic nitrogens is 6. The van der Waals surface area contributed by atoms with E-state index in [1.54, 1.807) is 33.5 Å². The third kappa shape index (κ3) is 7.94. The van der Waals surface area contributed by atoms with Crippen LogP contribution in [-0.2, 0) is 19.1 Å². The number of benzene rings is 2.